The van der Waals surface area contributed by atoms with Gasteiger partial charge in [-0.15, -0.1) is 0 Å². The number of ether oxygens (including phenoxy) is 1. The van der Waals surface area contributed by atoms with E-state index in [2.05, 4.69) is 48.9 Å². The van der Waals surface area contributed by atoms with Crippen LogP contribution in [0.1, 0.15) is 51.9 Å². The maximum Gasteiger partial charge on any atom is 0.0624 e. The van der Waals surface area contributed by atoms with Gasteiger partial charge in [0, 0.05) is 38.4 Å². The average molecular weight is 295 g/mol. The maximum absolute atomic E-state index is 5.28. The highest BCUT2D eigenvalue weighted by Gasteiger charge is 2.16. The van der Waals surface area contributed by atoms with Crippen LogP contribution in [0.2, 0.25) is 0 Å². The Morgan fingerprint density at radius 1 is 1.33 bits per heavy atom. The molecule has 21 heavy (non-hydrogen) atoms. The molecule has 2 unspecified atom stereocenters. The van der Waals surface area contributed by atoms with Crippen molar-refractivity contribution in [1.29, 1.82) is 0 Å². The summed E-state index contributed by atoms with van der Waals surface area (Å²) in [5, 5.41) is 8.35. The zero-order valence-electron chi connectivity index (χ0n) is 14.5. The van der Waals surface area contributed by atoms with Crippen molar-refractivity contribution in [1.82, 2.24) is 15.1 Å². The number of nitrogens with zero attached hydrogens (tertiary/aromatic N) is 2. The van der Waals surface area contributed by atoms with E-state index in [4.69, 9.17) is 4.74 Å². The molecule has 4 nitrogen and oxygen atoms in total. The van der Waals surface area contributed by atoms with Crippen LogP contribution in [0.5, 0.6) is 0 Å². The first-order chi connectivity index (χ1) is 10.1. The molecule has 0 aliphatic carbocycles. The molecule has 1 aromatic rings. The third-order valence-electron chi connectivity index (χ3n) is 3.85. The van der Waals surface area contributed by atoms with Crippen LogP contribution in [-0.4, -0.2) is 36.1 Å². The van der Waals surface area contributed by atoms with Crippen molar-refractivity contribution in [2.75, 3.05) is 20.3 Å². The molecule has 4 heteroatoms. The van der Waals surface area contributed by atoms with Crippen LogP contribution >= 0.6 is 0 Å². The molecule has 0 radical (unpaired) electrons. The molecular formula is C17H33N3O. The molecule has 1 aromatic heterocycles. The average Bonchev–Trinajstić information content (AvgIpc) is 2.87. The molecule has 2 atom stereocenters. The van der Waals surface area contributed by atoms with Crippen molar-refractivity contribution in [3.63, 3.8) is 0 Å². The Morgan fingerprint density at radius 3 is 2.67 bits per heavy atom. The molecule has 0 fully saturated rings. The first-order valence-corrected chi connectivity index (χ1v) is 8.42. The summed E-state index contributed by atoms with van der Waals surface area (Å²) in [6, 6.07) is 2.77. The largest absolute Gasteiger partial charge is 0.384 e. The fourth-order valence-electron chi connectivity index (χ4n) is 2.80. The third kappa shape index (κ3) is 6.18. The van der Waals surface area contributed by atoms with Crippen molar-refractivity contribution >= 4 is 0 Å². The minimum Gasteiger partial charge on any atom is -0.384 e. The third-order valence-corrected chi connectivity index (χ3v) is 3.85. The van der Waals surface area contributed by atoms with Crippen molar-refractivity contribution < 1.29 is 4.74 Å². The number of hydrogen-bond donors (Lipinski definition) is 1. The van der Waals surface area contributed by atoms with Gasteiger partial charge in [0.15, 0.2) is 0 Å². The van der Waals surface area contributed by atoms with Gasteiger partial charge >= 0.3 is 0 Å². The van der Waals surface area contributed by atoms with Crippen molar-refractivity contribution in [2.24, 2.45) is 5.92 Å². The predicted molar refractivity (Wildman–Crippen MR) is 88.7 cm³/mol. The van der Waals surface area contributed by atoms with Crippen molar-refractivity contribution in [2.45, 2.75) is 66.0 Å². The SMILES string of the molecule is CCCNC(Cc1cc(CC)nn1CC)CC(C)COC. The zero-order valence-corrected chi connectivity index (χ0v) is 14.5. The standard InChI is InChI=1S/C17H33N3O/c1-6-9-18-16(10-14(4)13-21-5)12-17-11-15(7-2)19-20(17)8-3/h11,14,16,18H,6-10,12-13H2,1-5H3. The molecule has 1 rings (SSSR count). The molecule has 1 N–H and O–H groups in total. The van der Waals surface area contributed by atoms with Crippen LogP contribution in [0.25, 0.3) is 0 Å². The maximum atomic E-state index is 5.28. The molecule has 0 amide bonds. The van der Waals surface area contributed by atoms with Gasteiger partial charge in [-0.05, 0) is 44.7 Å². The zero-order chi connectivity index (χ0) is 15.7. The van der Waals surface area contributed by atoms with Crippen molar-refractivity contribution in [3.05, 3.63) is 17.5 Å². The highest BCUT2D eigenvalue weighted by molar-refractivity contribution is 5.12. The Bertz CT molecular complexity index is 389. The summed E-state index contributed by atoms with van der Waals surface area (Å²) >= 11 is 0. The molecular weight excluding hydrogens is 262 g/mol. The molecule has 0 spiro atoms. The Labute approximate surface area is 130 Å². The Kier molecular flexibility index (Phi) is 8.62. The quantitative estimate of drug-likeness (QED) is 0.682. The minimum atomic E-state index is 0.502. The number of hydrogen-bond acceptors (Lipinski definition) is 3. The molecule has 0 bridgehead atoms. The van der Waals surface area contributed by atoms with Crippen LogP contribution in [-0.2, 0) is 24.1 Å². The van der Waals surface area contributed by atoms with Gasteiger partial charge in [0.1, 0.15) is 0 Å². The lowest BCUT2D eigenvalue weighted by atomic mass is 9.98. The molecule has 0 aliphatic heterocycles. The Hall–Kier alpha value is -0.870. The molecule has 0 aliphatic rings. The summed E-state index contributed by atoms with van der Waals surface area (Å²) in [5.74, 6) is 0.577. The Balaban J connectivity index is 2.72. The number of rotatable bonds is 11. The summed E-state index contributed by atoms with van der Waals surface area (Å²) in [4.78, 5) is 0. The van der Waals surface area contributed by atoms with Crippen LogP contribution < -0.4 is 5.32 Å². The van der Waals surface area contributed by atoms with E-state index in [1.807, 2.05) is 0 Å². The van der Waals surface area contributed by atoms with Gasteiger partial charge in [0.2, 0.25) is 0 Å². The second-order valence-electron chi connectivity index (χ2n) is 5.95. The molecule has 1 heterocycles. The minimum absolute atomic E-state index is 0.502. The molecule has 122 valence electrons. The Morgan fingerprint density at radius 2 is 2.10 bits per heavy atom. The fourth-order valence-corrected chi connectivity index (χ4v) is 2.80. The first kappa shape index (κ1) is 18.2. The van der Waals surface area contributed by atoms with Crippen LogP contribution in [0.4, 0.5) is 0 Å². The normalized spacial score (nSPS) is 14.3. The number of aromatic nitrogens is 2. The van der Waals surface area contributed by atoms with Crippen LogP contribution in [0, 0.1) is 5.92 Å². The molecule has 0 aromatic carbocycles. The first-order valence-electron chi connectivity index (χ1n) is 8.42. The van der Waals surface area contributed by atoms with Gasteiger partial charge in [-0.25, -0.2) is 0 Å². The lowest BCUT2D eigenvalue weighted by molar-refractivity contribution is 0.149. The highest BCUT2D eigenvalue weighted by atomic mass is 16.5. The van der Waals surface area contributed by atoms with Crippen LogP contribution in [0.3, 0.4) is 0 Å². The van der Waals surface area contributed by atoms with Gasteiger partial charge in [-0.1, -0.05) is 20.8 Å². The summed E-state index contributed by atoms with van der Waals surface area (Å²) in [5.41, 5.74) is 2.55. The van der Waals surface area contributed by atoms with Gasteiger partial charge in [0.05, 0.1) is 5.69 Å². The van der Waals surface area contributed by atoms with Gasteiger partial charge in [-0.2, -0.15) is 5.10 Å². The van der Waals surface area contributed by atoms with E-state index in [1.54, 1.807) is 7.11 Å². The van der Waals surface area contributed by atoms with E-state index >= 15 is 0 Å². The fraction of sp³-hybridized carbons (Fsp3) is 0.824. The summed E-state index contributed by atoms with van der Waals surface area (Å²) in [6.45, 7) is 11.7. The van der Waals surface area contributed by atoms with E-state index in [0.29, 0.717) is 12.0 Å². The molecule has 0 saturated carbocycles. The molecule has 0 saturated heterocycles. The predicted octanol–water partition coefficient (Wildman–Crippen LogP) is 3.05. The lowest BCUT2D eigenvalue weighted by Gasteiger charge is -2.22. The van der Waals surface area contributed by atoms with Gasteiger partial charge < -0.3 is 10.1 Å². The summed E-state index contributed by atoms with van der Waals surface area (Å²) in [6.07, 6.45) is 4.37. The van der Waals surface area contributed by atoms with E-state index in [1.165, 1.54) is 17.8 Å². The monoisotopic (exact) mass is 295 g/mol. The van der Waals surface area contributed by atoms with E-state index in [9.17, 15) is 0 Å². The highest BCUT2D eigenvalue weighted by Crippen LogP contribution is 2.14. The van der Waals surface area contributed by atoms with Crippen molar-refractivity contribution in [3.8, 4) is 0 Å². The van der Waals surface area contributed by atoms with Gasteiger partial charge in [-0.3, -0.25) is 4.68 Å². The lowest BCUT2D eigenvalue weighted by Crippen LogP contribution is -2.34. The summed E-state index contributed by atoms with van der Waals surface area (Å²) in [7, 11) is 1.78. The van der Waals surface area contributed by atoms with Crippen LogP contribution in [0.15, 0.2) is 6.07 Å². The second-order valence-corrected chi connectivity index (χ2v) is 5.95. The number of nitrogens with one attached hydrogen (secondary N) is 1. The summed E-state index contributed by atoms with van der Waals surface area (Å²) < 4.78 is 7.43. The van der Waals surface area contributed by atoms with E-state index in [-0.39, 0.29) is 0 Å². The number of aryl methyl sites for hydroxylation is 2. The van der Waals surface area contributed by atoms with E-state index < -0.39 is 0 Å². The van der Waals surface area contributed by atoms with Gasteiger partial charge in [0.25, 0.3) is 0 Å². The second kappa shape index (κ2) is 9.96. The van der Waals surface area contributed by atoms with E-state index in [0.717, 1.165) is 39.0 Å². The topological polar surface area (TPSA) is 39.1 Å². The number of methoxy groups -OCH3 is 1. The smallest absolute Gasteiger partial charge is 0.0624 e.